The Hall–Kier alpha value is -1.04. The summed E-state index contributed by atoms with van der Waals surface area (Å²) in [6.07, 6.45) is 15.7. The first-order valence-electron chi connectivity index (χ1n) is 8.11. The molecule has 0 spiro atoms. The van der Waals surface area contributed by atoms with Crippen LogP contribution in [-0.4, -0.2) is 0 Å². The Kier molecular flexibility index (Phi) is 7.65. The Morgan fingerprint density at radius 1 is 0.900 bits per heavy atom. The summed E-state index contributed by atoms with van der Waals surface area (Å²) >= 11 is 0. The maximum atomic E-state index is 4.18. The van der Waals surface area contributed by atoms with Gasteiger partial charge in [-0.1, -0.05) is 47.1 Å². The molecule has 0 bridgehead atoms. The molecule has 0 aliphatic heterocycles. The van der Waals surface area contributed by atoms with E-state index in [1.54, 1.807) is 11.1 Å². The molecule has 0 saturated carbocycles. The molecule has 0 aromatic rings. The average Bonchev–Trinajstić information content (AvgIpc) is 2.37. The van der Waals surface area contributed by atoms with Crippen LogP contribution in [0.1, 0.15) is 72.6 Å². The van der Waals surface area contributed by atoms with Crippen LogP contribution in [0.4, 0.5) is 0 Å². The van der Waals surface area contributed by atoms with E-state index in [1.165, 1.54) is 49.7 Å². The van der Waals surface area contributed by atoms with Gasteiger partial charge in [0, 0.05) is 0 Å². The maximum absolute atomic E-state index is 4.18. The van der Waals surface area contributed by atoms with Gasteiger partial charge in [-0.25, -0.2) is 0 Å². The van der Waals surface area contributed by atoms with Crippen LogP contribution in [0.15, 0.2) is 47.1 Å². The van der Waals surface area contributed by atoms with Gasteiger partial charge in [0.1, 0.15) is 0 Å². The number of hydrogen-bond acceptors (Lipinski definition) is 0. The lowest BCUT2D eigenvalue weighted by molar-refractivity contribution is 0.564. The molecular weight excluding hydrogens is 240 g/mol. The summed E-state index contributed by atoms with van der Waals surface area (Å²) in [4.78, 5) is 0. The topological polar surface area (TPSA) is 0 Å². The van der Waals surface area contributed by atoms with Crippen molar-refractivity contribution in [3.8, 4) is 0 Å². The summed E-state index contributed by atoms with van der Waals surface area (Å²) in [7, 11) is 0. The molecule has 0 saturated heterocycles. The van der Waals surface area contributed by atoms with Gasteiger partial charge in [0.2, 0.25) is 0 Å². The Labute approximate surface area is 126 Å². The normalized spacial score (nSPS) is 31.0. The molecule has 1 aliphatic carbocycles. The molecule has 0 heteroatoms. The third-order valence-electron chi connectivity index (χ3n) is 4.40. The van der Waals surface area contributed by atoms with Gasteiger partial charge in [0.05, 0.1) is 0 Å². The van der Waals surface area contributed by atoms with Crippen LogP contribution in [0, 0.1) is 5.92 Å². The van der Waals surface area contributed by atoms with E-state index in [-0.39, 0.29) is 0 Å². The van der Waals surface area contributed by atoms with E-state index in [0.717, 1.165) is 6.42 Å². The van der Waals surface area contributed by atoms with E-state index < -0.39 is 0 Å². The van der Waals surface area contributed by atoms with Crippen molar-refractivity contribution in [3.05, 3.63) is 47.1 Å². The minimum absolute atomic E-state index is 0.647. The predicted molar refractivity (Wildman–Crippen MR) is 91.9 cm³/mol. The summed E-state index contributed by atoms with van der Waals surface area (Å²) < 4.78 is 0. The monoisotopic (exact) mass is 272 g/mol. The van der Waals surface area contributed by atoms with Gasteiger partial charge in [0.25, 0.3) is 0 Å². The predicted octanol–water partition coefficient (Wildman–Crippen LogP) is 6.76. The number of rotatable bonds is 1. The van der Waals surface area contributed by atoms with Crippen molar-refractivity contribution in [2.75, 3.05) is 0 Å². The molecule has 0 amide bonds. The first-order chi connectivity index (χ1) is 9.49. The van der Waals surface area contributed by atoms with E-state index in [0.29, 0.717) is 5.92 Å². The van der Waals surface area contributed by atoms with Gasteiger partial charge in [-0.15, -0.1) is 0 Å². The zero-order valence-corrected chi connectivity index (χ0v) is 14.0. The molecular formula is C20H32. The van der Waals surface area contributed by atoms with Crippen molar-refractivity contribution in [3.63, 3.8) is 0 Å². The fourth-order valence-electron chi connectivity index (χ4n) is 2.71. The van der Waals surface area contributed by atoms with Crippen molar-refractivity contribution in [2.24, 2.45) is 5.92 Å². The van der Waals surface area contributed by atoms with Gasteiger partial charge >= 0.3 is 0 Å². The van der Waals surface area contributed by atoms with E-state index in [4.69, 9.17) is 0 Å². The lowest BCUT2D eigenvalue weighted by Gasteiger charge is -2.16. The van der Waals surface area contributed by atoms with Gasteiger partial charge < -0.3 is 0 Å². The fraction of sp³-hybridized carbons (Fsp3) is 0.600. The smallest absolute Gasteiger partial charge is 0.0171 e. The highest BCUT2D eigenvalue weighted by Gasteiger charge is 2.08. The van der Waals surface area contributed by atoms with Crippen LogP contribution in [0.3, 0.4) is 0 Å². The fourth-order valence-corrected chi connectivity index (χ4v) is 2.71. The Balaban J connectivity index is 2.77. The van der Waals surface area contributed by atoms with Crippen molar-refractivity contribution < 1.29 is 0 Å². The van der Waals surface area contributed by atoms with E-state index in [1.807, 2.05) is 0 Å². The molecule has 1 rings (SSSR count). The van der Waals surface area contributed by atoms with Crippen LogP contribution in [0.25, 0.3) is 0 Å². The molecule has 0 heterocycles. The van der Waals surface area contributed by atoms with Gasteiger partial charge in [-0.2, -0.15) is 0 Å². The van der Waals surface area contributed by atoms with E-state index in [9.17, 15) is 0 Å². The largest absolute Gasteiger partial charge is 0.0998 e. The first kappa shape index (κ1) is 17.0. The lowest BCUT2D eigenvalue weighted by Crippen LogP contribution is -2.01. The van der Waals surface area contributed by atoms with Gasteiger partial charge in [-0.05, 0) is 78.6 Å². The Bertz CT molecular complexity index is 404. The molecule has 1 unspecified atom stereocenters. The Morgan fingerprint density at radius 3 is 1.95 bits per heavy atom. The molecule has 0 nitrogen and oxygen atoms in total. The highest BCUT2D eigenvalue weighted by Crippen LogP contribution is 2.24. The third kappa shape index (κ3) is 6.93. The van der Waals surface area contributed by atoms with Gasteiger partial charge in [-0.3, -0.25) is 0 Å². The van der Waals surface area contributed by atoms with Crippen LogP contribution in [0.5, 0.6) is 0 Å². The molecule has 0 aromatic carbocycles. The average molecular weight is 272 g/mol. The van der Waals surface area contributed by atoms with Crippen LogP contribution in [-0.2, 0) is 0 Å². The number of allylic oxidation sites excluding steroid dienone is 7. The highest BCUT2D eigenvalue weighted by atomic mass is 14.1. The second-order valence-corrected chi connectivity index (χ2v) is 6.55. The van der Waals surface area contributed by atoms with Crippen molar-refractivity contribution in [2.45, 2.75) is 72.6 Å². The highest BCUT2D eigenvalue weighted by molar-refractivity contribution is 5.09. The van der Waals surface area contributed by atoms with Crippen molar-refractivity contribution in [1.29, 1.82) is 0 Å². The summed E-state index contributed by atoms with van der Waals surface area (Å²) in [6, 6.07) is 0. The SMILES string of the molecule is C=C(C)C1C/C=C(/C)CC/C=C(/C)CC/C=C(/C)CC1. The summed E-state index contributed by atoms with van der Waals surface area (Å²) in [6.45, 7) is 13.2. The molecule has 0 N–H and O–H groups in total. The zero-order chi connectivity index (χ0) is 15.0. The van der Waals surface area contributed by atoms with Crippen LogP contribution < -0.4 is 0 Å². The summed E-state index contributed by atoms with van der Waals surface area (Å²) in [5, 5.41) is 0. The van der Waals surface area contributed by atoms with Crippen LogP contribution in [0.2, 0.25) is 0 Å². The minimum atomic E-state index is 0.647. The molecule has 0 aromatic heterocycles. The molecule has 0 radical (unpaired) electrons. The standard InChI is InChI=1S/C20H32/c1-16(2)20-14-12-18(4)10-6-8-17(3)9-7-11-19(5)13-15-20/h8,11-12,20H,1,6-7,9-10,13-15H2,2-5H3/b17-8-,18-12-,19-11-. The van der Waals surface area contributed by atoms with Gasteiger partial charge in [0.15, 0.2) is 0 Å². The first-order valence-corrected chi connectivity index (χ1v) is 8.11. The van der Waals surface area contributed by atoms with Crippen molar-refractivity contribution in [1.82, 2.24) is 0 Å². The van der Waals surface area contributed by atoms with Crippen molar-refractivity contribution >= 4 is 0 Å². The third-order valence-corrected chi connectivity index (χ3v) is 4.40. The van der Waals surface area contributed by atoms with Crippen LogP contribution >= 0.6 is 0 Å². The quantitative estimate of drug-likeness (QED) is 0.462. The maximum Gasteiger partial charge on any atom is -0.0171 e. The summed E-state index contributed by atoms with van der Waals surface area (Å²) in [5.41, 5.74) is 5.95. The second-order valence-electron chi connectivity index (χ2n) is 6.55. The summed E-state index contributed by atoms with van der Waals surface area (Å²) in [5.74, 6) is 0.647. The van der Waals surface area contributed by atoms with E-state index in [2.05, 4.69) is 52.5 Å². The molecule has 20 heavy (non-hydrogen) atoms. The zero-order valence-electron chi connectivity index (χ0n) is 14.0. The molecule has 1 atom stereocenters. The second kappa shape index (κ2) is 9.00. The number of hydrogen-bond donors (Lipinski definition) is 0. The molecule has 0 fully saturated rings. The van der Waals surface area contributed by atoms with E-state index >= 15 is 0 Å². The Morgan fingerprint density at radius 2 is 1.40 bits per heavy atom. The lowest BCUT2D eigenvalue weighted by atomic mass is 9.89. The molecule has 1 aliphatic rings. The minimum Gasteiger partial charge on any atom is -0.0998 e. The molecule has 112 valence electrons.